The summed E-state index contributed by atoms with van der Waals surface area (Å²) >= 11 is 0. The van der Waals surface area contributed by atoms with Crippen molar-refractivity contribution in [1.29, 1.82) is 0 Å². The first-order valence-corrected chi connectivity index (χ1v) is 5.56. The molecule has 1 aromatic carbocycles. The van der Waals surface area contributed by atoms with Crippen LogP contribution in [0.15, 0.2) is 42.6 Å². The Bertz CT molecular complexity index is 525. The summed E-state index contributed by atoms with van der Waals surface area (Å²) in [4.78, 5) is 11.1. The van der Waals surface area contributed by atoms with Gasteiger partial charge in [0.1, 0.15) is 5.69 Å². The van der Waals surface area contributed by atoms with Gasteiger partial charge in [-0.3, -0.25) is 0 Å². The first kappa shape index (κ1) is 11.5. The van der Waals surface area contributed by atoms with Gasteiger partial charge in [-0.1, -0.05) is 29.8 Å². The van der Waals surface area contributed by atoms with Gasteiger partial charge in [0, 0.05) is 6.20 Å². The summed E-state index contributed by atoms with van der Waals surface area (Å²) < 4.78 is 1.77. The van der Waals surface area contributed by atoms with E-state index in [1.54, 1.807) is 22.9 Å². The van der Waals surface area contributed by atoms with Crippen LogP contribution in [-0.2, 0) is 0 Å². The molecular formula is C14H15NO2. The summed E-state index contributed by atoms with van der Waals surface area (Å²) in [5.74, 6) is -0.894. The van der Waals surface area contributed by atoms with Crippen molar-refractivity contribution in [1.82, 2.24) is 4.57 Å². The van der Waals surface area contributed by atoms with Crippen molar-refractivity contribution in [2.24, 2.45) is 0 Å². The van der Waals surface area contributed by atoms with Crippen LogP contribution in [0.4, 0.5) is 0 Å². The van der Waals surface area contributed by atoms with E-state index in [9.17, 15) is 4.79 Å². The Hall–Kier alpha value is -2.03. The van der Waals surface area contributed by atoms with E-state index in [4.69, 9.17) is 5.11 Å². The maximum Gasteiger partial charge on any atom is 0.352 e. The number of nitrogens with zero attached hydrogens (tertiary/aromatic N) is 1. The van der Waals surface area contributed by atoms with E-state index in [0.29, 0.717) is 5.69 Å². The Balaban J connectivity index is 2.36. The highest BCUT2D eigenvalue weighted by Gasteiger charge is 2.14. The molecule has 0 spiro atoms. The lowest BCUT2D eigenvalue weighted by atomic mass is 10.1. The zero-order valence-electron chi connectivity index (χ0n) is 9.92. The van der Waals surface area contributed by atoms with Crippen molar-refractivity contribution in [3.8, 4) is 0 Å². The first-order valence-electron chi connectivity index (χ1n) is 5.56. The van der Waals surface area contributed by atoms with Crippen LogP contribution in [0, 0.1) is 6.92 Å². The van der Waals surface area contributed by atoms with Gasteiger partial charge < -0.3 is 9.67 Å². The van der Waals surface area contributed by atoms with Gasteiger partial charge in [0.15, 0.2) is 0 Å². The number of rotatable bonds is 3. The molecule has 1 unspecified atom stereocenters. The van der Waals surface area contributed by atoms with Gasteiger partial charge >= 0.3 is 5.97 Å². The second-order valence-corrected chi connectivity index (χ2v) is 4.19. The van der Waals surface area contributed by atoms with Gasteiger partial charge in [-0.25, -0.2) is 4.79 Å². The van der Waals surface area contributed by atoms with Crippen molar-refractivity contribution in [2.75, 3.05) is 0 Å². The van der Waals surface area contributed by atoms with Crippen molar-refractivity contribution < 1.29 is 9.90 Å². The Labute approximate surface area is 100 Å². The lowest BCUT2D eigenvalue weighted by molar-refractivity contribution is 0.0684. The second-order valence-electron chi connectivity index (χ2n) is 4.19. The second kappa shape index (κ2) is 4.45. The van der Waals surface area contributed by atoms with Crippen LogP contribution in [-0.4, -0.2) is 15.6 Å². The van der Waals surface area contributed by atoms with Crippen molar-refractivity contribution in [2.45, 2.75) is 19.9 Å². The molecule has 0 saturated carbocycles. The van der Waals surface area contributed by atoms with Crippen LogP contribution in [0.2, 0.25) is 0 Å². The molecule has 0 aliphatic heterocycles. The molecule has 0 radical (unpaired) electrons. The van der Waals surface area contributed by atoms with E-state index in [1.807, 2.05) is 38.1 Å². The van der Waals surface area contributed by atoms with Gasteiger partial charge in [-0.05, 0) is 31.5 Å². The third-order valence-corrected chi connectivity index (χ3v) is 2.98. The molecule has 0 bridgehead atoms. The van der Waals surface area contributed by atoms with E-state index in [0.717, 1.165) is 5.56 Å². The average Bonchev–Trinajstić information content (AvgIpc) is 2.78. The first-order chi connectivity index (χ1) is 8.09. The van der Waals surface area contributed by atoms with E-state index < -0.39 is 5.97 Å². The Morgan fingerprint density at radius 1 is 1.24 bits per heavy atom. The zero-order chi connectivity index (χ0) is 12.4. The van der Waals surface area contributed by atoms with Crippen LogP contribution in [0.5, 0.6) is 0 Å². The number of hydrogen-bond donors (Lipinski definition) is 1. The SMILES string of the molecule is Cc1ccc(C(C)n2cccc2C(=O)O)cc1. The topological polar surface area (TPSA) is 42.2 Å². The fraction of sp³-hybridized carbons (Fsp3) is 0.214. The molecule has 2 aromatic rings. The molecule has 88 valence electrons. The monoisotopic (exact) mass is 229 g/mol. The normalized spacial score (nSPS) is 12.4. The fourth-order valence-electron chi connectivity index (χ4n) is 1.92. The predicted octanol–water partition coefficient (Wildman–Crippen LogP) is 3.10. The smallest absolute Gasteiger partial charge is 0.352 e. The molecule has 0 saturated heterocycles. The zero-order valence-corrected chi connectivity index (χ0v) is 9.92. The molecule has 3 nitrogen and oxygen atoms in total. The van der Waals surface area contributed by atoms with Crippen molar-refractivity contribution in [3.05, 3.63) is 59.4 Å². The summed E-state index contributed by atoms with van der Waals surface area (Å²) in [6, 6.07) is 11.5. The van der Waals surface area contributed by atoms with Gasteiger partial charge in [0.2, 0.25) is 0 Å². The highest BCUT2D eigenvalue weighted by Crippen LogP contribution is 2.20. The van der Waals surface area contributed by atoms with Crippen molar-refractivity contribution >= 4 is 5.97 Å². The molecule has 0 fully saturated rings. The molecule has 0 aliphatic carbocycles. The minimum Gasteiger partial charge on any atom is -0.477 e. The highest BCUT2D eigenvalue weighted by molar-refractivity contribution is 5.85. The Morgan fingerprint density at radius 2 is 1.88 bits per heavy atom. The van der Waals surface area contributed by atoms with Crippen LogP contribution in [0.3, 0.4) is 0 Å². The summed E-state index contributed by atoms with van der Waals surface area (Å²) in [5.41, 5.74) is 2.62. The largest absolute Gasteiger partial charge is 0.477 e. The number of aromatic nitrogens is 1. The van der Waals surface area contributed by atoms with E-state index in [-0.39, 0.29) is 6.04 Å². The molecule has 17 heavy (non-hydrogen) atoms. The number of carboxylic acids is 1. The van der Waals surface area contributed by atoms with E-state index >= 15 is 0 Å². The number of carboxylic acid groups (broad SMARTS) is 1. The van der Waals surface area contributed by atoms with Crippen LogP contribution >= 0.6 is 0 Å². The standard InChI is InChI=1S/C14H15NO2/c1-10-5-7-12(8-6-10)11(2)15-9-3-4-13(15)14(16)17/h3-9,11H,1-2H3,(H,16,17). The molecule has 1 heterocycles. The van der Waals surface area contributed by atoms with Crippen LogP contribution < -0.4 is 0 Å². The highest BCUT2D eigenvalue weighted by atomic mass is 16.4. The number of aromatic carboxylic acids is 1. The number of aryl methyl sites for hydroxylation is 1. The molecule has 2 rings (SSSR count). The van der Waals surface area contributed by atoms with Crippen LogP contribution in [0.25, 0.3) is 0 Å². The minimum absolute atomic E-state index is 0.0247. The Kier molecular flexibility index (Phi) is 3.00. The number of benzene rings is 1. The third-order valence-electron chi connectivity index (χ3n) is 2.98. The van der Waals surface area contributed by atoms with Gasteiger partial charge in [0.05, 0.1) is 6.04 Å². The minimum atomic E-state index is -0.894. The number of hydrogen-bond acceptors (Lipinski definition) is 1. The molecule has 0 aliphatic rings. The summed E-state index contributed by atoms with van der Waals surface area (Å²) in [7, 11) is 0. The molecule has 1 N–H and O–H groups in total. The lowest BCUT2D eigenvalue weighted by Crippen LogP contribution is -2.12. The quantitative estimate of drug-likeness (QED) is 0.878. The summed E-state index contributed by atoms with van der Waals surface area (Å²) in [6.45, 7) is 4.03. The lowest BCUT2D eigenvalue weighted by Gasteiger charge is -2.16. The van der Waals surface area contributed by atoms with Gasteiger partial charge in [0.25, 0.3) is 0 Å². The maximum absolute atomic E-state index is 11.1. The average molecular weight is 229 g/mol. The van der Waals surface area contributed by atoms with E-state index in [2.05, 4.69) is 0 Å². The van der Waals surface area contributed by atoms with Crippen molar-refractivity contribution in [3.63, 3.8) is 0 Å². The molecule has 1 aromatic heterocycles. The van der Waals surface area contributed by atoms with Crippen LogP contribution in [0.1, 0.15) is 34.6 Å². The summed E-state index contributed by atoms with van der Waals surface area (Å²) in [6.07, 6.45) is 1.80. The molecule has 1 atom stereocenters. The van der Waals surface area contributed by atoms with Gasteiger partial charge in [-0.15, -0.1) is 0 Å². The maximum atomic E-state index is 11.1. The van der Waals surface area contributed by atoms with Gasteiger partial charge in [-0.2, -0.15) is 0 Å². The molecule has 3 heteroatoms. The number of carbonyl (C=O) groups is 1. The molecular weight excluding hydrogens is 214 g/mol. The predicted molar refractivity (Wildman–Crippen MR) is 66.4 cm³/mol. The third kappa shape index (κ3) is 2.23. The molecule has 0 amide bonds. The summed E-state index contributed by atoms with van der Waals surface area (Å²) in [5, 5.41) is 9.07. The Morgan fingerprint density at radius 3 is 2.47 bits per heavy atom. The fourth-order valence-corrected chi connectivity index (χ4v) is 1.92. The van der Waals surface area contributed by atoms with E-state index in [1.165, 1.54) is 5.56 Å².